The van der Waals surface area contributed by atoms with Gasteiger partial charge in [-0.2, -0.15) is 10.2 Å². The molecular weight excluding hydrogens is 683 g/mol. The molecule has 8 rings (SSSR count). The zero-order chi connectivity index (χ0) is 34.5. The molecule has 2 aromatic carbocycles. The molecule has 16 heteroatoms. The normalized spacial score (nSPS) is 15.6. The van der Waals surface area contributed by atoms with Crippen molar-refractivity contribution < 1.29 is 18.9 Å². The Morgan fingerprint density at radius 3 is 1.46 bits per heavy atom. The van der Waals surface area contributed by atoms with Gasteiger partial charge >= 0.3 is 0 Å². The van der Waals surface area contributed by atoms with Crippen LogP contribution in [0.2, 0.25) is 10.0 Å². The summed E-state index contributed by atoms with van der Waals surface area (Å²) in [5.74, 6) is 2.18. The molecule has 0 spiro atoms. The van der Waals surface area contributed by atoms with Crippen molar-refractivity contribution in [1.29, 1.82) is 0 Å². The molecule has 2 fully saturated rings. The Morgan fingerprint density at radius 2 is 1.06 bits per heavy atom. The highest BCUT2D eigenvalue weighted by Gasteiger charge is 2.25. The van der Waals surface area contributed by atoms with Crippen LogP contribution < -0.4 is 20.9 Å². The molecule has 0 bridgehead atoms. The minimum atomic E-state index is 0.241. The first-order valence-corrected chi connectivity index (χ1v) is 17.1. The van der Waals surface area contributed by atoms with Crippen LogP contribution in [0.1, 0.15) is 49.2 Å². The fourth-order valence-electron chi connectivity index (χ4n) is 6.12. The molecule has 0 atom stereocenters. The quantitative estimate of drug-likeness (QED) is 0.188. The van der Waals surface area contributed by atoms with Crippen LogP contribution in [0.5, 0.6) is 11.5 Å². The summed E-state index contributed by atoms with van der Waals surface area (Å²) in [5.41, 5.74) is 15.1. The van der Waals surface area contributed by atoms with Gasteiger partial charge in [0.25, 0.3) is 0 Å². The summed E-state index contributed by atoms with van der Waals surface area (Å²) in [4.78, 5) is 17.0. The Labute approximate surface area is 297 Å². The van der Waals surface area contributed by atoms with Crippen LogP contribution in [0.4, 0.5) is 11.6 Å². The zero-order valence-electron chi connectivity index (χ0n) is 27.1. The number of fused-ring (bicyclic) bond motifs is 2. The minimum absolute atomic E-state index is 0.241. The van der Waals surface area contributed by atoms with Crippen LogP contribution in [0.15, 0.2) is 61.2 Å². The van der Waals surface area contributed by atoms with E-state index in [0.29, 0.717) is 33.2 Å². The number of nitrogens with two attached hydrogens (primary N) is 2. The molecule has 0 amide bonds. The van der Waals surface area contributed by atoms with Gasteiger partial charge in [0, 0.05) is 36.5 Å². The van der Waals surface area contributed by atoms with E-state index in [1.807, 2.05) is 33.6 Å². The Balaban J connectivity index is 0.000000157. The monoisotopic (exact) mass is 718 g/mol. The predicted molar refractivity (Wildman–Crippen MR) is 189 cm³/mol. The van der Waals surface area contributed by atoms with Crippen molar-refractivity contribution in [3.8, 4) is 11.5 Å². The third kappa shape index (κ3) is 7.53. The maximum Gasteiger partial charge on any atom is 0.163 e. The van der Waals surface area contributed by atoms with Crippen LogP contribution in [0.25, 0.3) is 22.1 Å². The molecule has 0 aliphatic carbocycles. The summed E-state index contributed by atoms with van der Waals surface area (Å²) in [5, 5.41) is 12.2. The number of nitrogen functional groups attached to an aromatic ring is 2. The highest BCUT2D eigenvalue weighted by Crippen LogP contribution is 2.31. The van der Waals surface area contributed by atoms with Gasteiger partial charge in [0.1, 0.15) is 60.4 Å². The molecule has 2 saturated heterocycles. The molecule has 14 nitrogen and oxygen atoms in total. The molecule has 6 aromatic rings. The second kappa shape index (κ2) is 15.4. The van der Waals surface area contributed by atoms with E-state index in [4.69, 9.17) is 63.8 Å². The van der Waals surface area contributed by atoms with Gasteiger partial charge in [-0.3, -0.25) is 0 Å². The highest BCUT2D eigenvalue weighted by molar-refractivity contribution is 6.31. The summed E-state index contributed by atoms with van der Waals surface area (Å²) < 4.78 is 26.4. The second-order valence-corrected chi connectivity index (χ2v) is 12.7. The number of nitrogens with zero attached hydrogens (tertiary/aromatic N) is 8. The van der Waals surface area contributed by atoms with E-state index in [9.17, 15) is 0 Å². The van der Waals surface area contributed by atoms with E-state index < -0.39 is 0 Å². The Bertz CT molecular complexity index is 1930. The largest absolute Gasteiger partial charge is 0.487 e. The van der Waals surface area contributed by atoms with E-state index >= 15 is 0 Å². The lowest BCUT2D eigenvalue weighted by atomic mass is 10.1. The number of aromatic nitrogens is 8. The second-order valence-electron chi connectivity index (χ2n) is 11.9. The van der Waals surface area contributed by atoms with Crippen molar-refractivity contribution >= 4 is 56.9 Å². The van der Waals surface area contributed by atoms with Gasteiger partial charge in [0.15, 0.2) is 11.3 Å². The lowest BCUT2D eigenvalue weighted by Crippen LogP contribution is -2.21. The first-order valence-electron chi connectivity index (χ1n) is 16.3. The highest BCUT2D eigenvalue weighted by atomic mass is 35.5. The van der Waals surface area contributed by atoms with E-state index in [2.05, 4.69) is 19.9 Å². The number of benzene rings is 2. The van der Waals surface area contributed by atoms with Crippen molar-refractivity contribution in [2.45, 2.75) is 51.0 Å². The maximum absolute atomic E-state index is 6.09. The first-order chi connectivity index (χ1) is 24.4. The van der Waals surface area contributed by atoms with Gasteiger partial charge in [-0.1, -0.05) is 35.3 Å². The van der Waals surface area contributed by atoms with Crippen LogP contribution in [-0.4, -0.2) is 65.9 Å². The summed E-state index contributed by atoms with van der Waals surface area (Å²) in [6.45, 7) is 3.43. The van der Waals surface area contributed by atoms with Gasteiger partial charge in [0.2, 0.25) is 0 Å². The Hall–Kier alpha value is -4.76. The van der Waals surface area contributed by atoms with Crippen molar-refractivity contribution in [2.75, 3.05) is 37.9 Å². The summed E-state index contributed by atoms with van der Waals surface area (Å²) in [6, 6.07) is 15.0. The van der Waals surface area contributed by atoms with E-state index in [0.717, 1.165) is 85.6 Å². The molecule has 260 valence electrons. The molecule has 4 N–H and O–H groups in total. The number of rotatable bonds is 8. The third-order valence-electron chi connectivity index (χ3n) is 8.60. The molecule has 2 aliphatic heterocycles. The summed E-state index contributed by atoms with van der Waals surface area (Å²) >= 11 is 12.0. The third-order valence-corrected chi connectivity index (χ3v) is 9.07. The first kappa shape index (κ1) is 33.7. The zero-order valence-corrected chi connectivity index (χ0v) is 28.6. The van der Waals surface area contributed by atoms with Crippen LogP contribution in [0.3, 0.4) is 0 Å². The Kier molecular flexibility index (Phi) is 10.4. The number of hydrogen-bond acceptors (Lipinski definition) is 12. The summed E-state index contributed by atoms with van der Waals surface area (Å²) in [6.07, 6.45) is 6.53. The number of halogens is 2. The predicted octanol–water partition coefficient (Wildman–Crippen LogP) is 5.98. The van der Waals surface area contributed by atoms with Gasteiger partial charge in [-0.05, 0) is 62.1 Å². The SMILES string of the molecule is Nc1ncnc2c1c(COc1cccc(Cl)c1)nn2C1CCOCC1.Nc1ncnc2c1c(COc1cccc(Cl)c1)nn2C1CCOCC1. The Morgan fingerprint density at radius 1 is 0.640 bits per heavy atom. The lowest BCUT2D eigenvalue weighted by molar-refractivity contribution is 0.0669. The fourth-order valence-corrected chi connectivity index (χ4v) is 6.48. The molecule has 4 aromatic heterocycles. The topological polar surface area (TPSA) is 176 Å². The smallest absolute Gasteiger partial charge is 0.163 e. The molecule has 2 aliphatic rings. The molecule has 6 heterocycles. The average molecular weight is 720 g/mol. The maximum atomic E-state index is 6.09. The molecule has 0 radical (unpaired) electrons. The number of hydrogen-bond donors (Lipinski definition) is 2. The van der Waals surface area contributed by atoms with Gasteiger partial charge in [-0.15, -0.1) is 0 Å². The van der Waals surface area contributed by atoms with Gasteiger partial charge < -0.3 is 30.4 Å². The van der Waals surface area contributed by atoms with Crippen LogP contribution in [0, 0.1) is 0 Å². The van der Waals surface area contributed by atoms with Gasteiger partial charge in [0.05, 0.1) is 22.9 Å². The molecule has 0 saturated carbocycles. The number of anilines is 2. The van der Waals surface area contributed by atoms with Crippen molar-refractivity contribution in [2.24, 2.45) is 0 Å². The van der Waals surface area contributed by atoms with Crippen molar-refractivity contribution in [3.05, 3.63) is 82.6 Å². The van der Waals surface area contributed by atoms with E-state index in [-0.39, 0.29) is 25.3 Å². The standard InChI is InChI=1S/2C17H18ClN5O2/c2*18-11-2-1-3-13(8-11)25-9-14-15-16(19)20-10-21-17(15)23(22-14)12-4-6-24-7-5-12/h2*1-3,8,10,12H,4-7,9H2,(H2,19,20,21). The molecule has 50 heavy (non-hydrogen) atoms. The van der Waals surface area contributed by atoms with Crippen molar-refractivity contribution in [3.63, 3.8) is 0 Å². The van der Waals surface area contributed by atoms with E-state index in [1.165, 1.54) is 12.7 Å². The van der Waals surface area contributed by atoms with Crippen molar-refractivity contribution in [1.82, 2.24) is 39.5 Å². The van der Waals surface area contributed by atoms with Gasteiger partial charge in [-0.25, -0.2) is 29.3 Å². The molecule has 0 unspecified atom stereocenters. The molecular formula is C34H36Cl2N10O4. The lowest BCUT2D eigenvalue weighted by Gasteiger charge is -2.22. The number of ether oxygens (including phenoxy) is 4. The average Bonchev–Trinajstić information content (AvgIpc) is 3.71. The van der Waals surface area contributed by atoms with Crippen LogP contribution in [-0.2, 0) is 22.7 Å². The van der Waals surface area contributed by atoms with Crippen LogP contribution >= 0.6 is 23.2 Å². The van der Waals surface area contributed by atoms with E-state index in [1.54, 1.807) is 24.3 Å². The summed E-state index contributed by atoms with van der Waals surface area (Å²) in [7, 11) is 0. The minimum Gasteiger partial charge on any atom is -0.487 e. The fraction of sp³-hybridized carbons (Fsp3) is 0.353.